The predicted molar refractivity (Wildman–Crippen MR) is 89.7 cm³/mol. The SMILES string of the molecule is COC(=O)N(C1c2ccccc2-c2ccccc21)[C@H](C)CC(=O)O. The molecule has 3 rings (SSSR count). The highest BCUT2D eigenvalue weighted by Gasteiger charge is 2.38. The third kappa shape index (κ3) is 2.62. The third-order valence-electron chi connectivity index (χ3n) is 4.41. The number of aliphatic carboxylic acids is 1. The zero-order valence-corrected chi connectivity index (χ0v) is 13.6. The highest BCUT2D eigenvalue weighted by atomic mass is 16.5. The van der Waals surface area contributed by atoms with Crippen molar-refractivity contribution >= 4 is 12.1 Å². The van der Waals surface area contributed by atoms with Crippen LogP contribution in [-0.4, -0.2) is 35.2 Å². The molecule has 0 saturated carbocycles. The average Bonchev–Trinajstić information content (AvgIpc) is 2.89. The number of ether oxygens (including phenoxy) is 1. The first kappa shape index (κ1) is 16.1. The van der Waals surface area contributed by atoms with Crippen LogP contribution in [0.4, 0.5) is 4.79 Å². The number of benzene rings is 2. The molecule has 0 unspecified atom stereocenters. The second-order valence-corrected chi connectivity index (χ2v) is 5.90. The number of carboxylic acid groups (broad SMARTS) is 1. The van der Waals surface area contributed by atoms with Crippen molar-refractivity contribution in [3.8, 4) is 11.1 Å². The molecule has 1 aliphatic carbocycles. The lowest BCUT2D eigenvalue weighted by molar-refractivity contribution is -0.138. The maximum atomic E-state index is 12.5. The zero-order chi connectivity index (χ0) is 17.3. The molecule has 124 valence electrons. The first-order chi connectivity index (χ1) is 11.5. The number of carbonyl (C=O) groups excluding carboxylic acids is 1. The van der Waals surface area contributed by atoms with Gasteiger partial charge in [0.15, 0.2) is 0 Å². The Morgan fingerprint density at radius 1 is 1.08 bits per heavy atom. The summed E-state index contributed by atoms with van der Waals surface area (Å²) >= 11 is 0. The first-order valence-electron chi connectivity index (χ1n) is 7.81. The fourth-order valence-electron chi connectivity index (χ4n) is 3.42. The number of hydrogen-bond acceptors (Lipinski definition) is 3. The van der Waals surface area contributed by atoms with Crippen molar-refractivity contribution in [2.75, 3.05) is 7.11 Å². The molecule has 1 N–H and O–H groups in total. The van der Waals surface area contributed by atoms with E-state index in [9.17, 15) is 9.59 Å². The van der Waals surface area contributed by atoms with Crippen molar-refractivity contribution in [1.29, 1.82) is 0 Å². The lowest BCUT2D eigenvalue weighted by Crippen LogP contribution is -2.42. The molecular weight excluding hydrogens is 306 g/mol. The number of nitrogens with zero attached hydrogens (tertiary/aromatic N) is 1. The van der Waals surface area contributed by atoms with Gasteiger partial charge < -0.3 is 9.84 Å². The highest BCUT2D eigenvalue weighted by molar-refractivity contribution is 5.81. The molecule has 2 aromatic rings. The van der Waals surface area contributed by atoms with Crippen LogP contribution in [0, 0.1) is 0 Å². The summed E-state index contributed by atoms with van der Waals surface area (Å²) in [5.41, 5.74) is 4.10. The van der Waals surface area contributed by atoms with E-state index in [1.807, 2.05) is 48.5 Å². The van der Waals surface area contributed by atoms with Crippen molar-refractivity contribution < 1.29 is 19.4 Å². The Hall–Kier alpha value is -2.82. The average molecular weight is 325 g/mol. The third-order valence-corrected chi connectivity index (χ3v) is 4.41. The Bertz CT molecular complexity index is 741. The summed E-state index contributed by atoms with van der Waals surface area (Å²) in [6, 6.07) is 14.9. The second-order valence-electron chi connectivity index (χ2n) is 5.90. The van der Waals surface area contributed by atoms with Crippen LogP contribution in [0.2, 0.25) is 0 Å². The second kappa shape index (κ2) is 6.35. The normalized spacial score (nSPS) is 13.8. The minimum atomic E-state index is -0.948. The van der Waals surface area contributed by atoms with Crippen molar-refractivity contribution in [3.63, 3.8) is 0 Å². The standard InChI is InChI=1S/C19H19NO4/c1-12(11-17(21)22)20(19(23)24-2)18-15-9-5-3-7-13(15)14-8-4-6-10-16(14)18/h3-10,12,18H,11H2,1-2H3,(H,21,22)/t12-/m1/s1. The van der Waals surface area contributed by atoms with Gasteiger partial charge in [0.25, 0.3) is 0 Å². The molecule has 1 atom stereocenters. The smallest absolute Gasteiger partial charge is 0.410 e. The fourth-order valence-corrected chi connectivity index (χ4v) is 3.42. The van der Waals surface area contributed by atoms with E-state index in [-0.39, 0.29) is 12.5 Å². The Morgan fingerprint density at radius 3 is 2.04 bits per heavy atom. The Labute approximate surface area is 140 Å². The van der Waals surface area contributed by atoms with Crippen LogP contribution in [0.5, 0.6) is 0 Å². The van der Waals surface area contributed by atoms with E-state index >= 15 is 0 Å². The number of fused-ring (bicyclic) bond motifs is 3. The van der Waals surface area contributed by atoms with Gasteiger partial charge in [-0.15, -0.1) is 0 Å². The molecule has 0 spiro atoms. The van der Waals surface area contributed by atoms with Gasteiger partial charge in [0.05, 0.1) is 19.6 Å². The van der Waals surface area contributed by atoms with E-state index in [1.165, 1.54) is 12.0 Å². The van der Waals surface area contributed by atoms with Crippen molar-refractivity contribution in [3.05, 3.63) is 59.7 Å². The van der Waals surface area contributed by atoms with Crippen molar-refractivity contribution in [1.82, 2.24) is 4.90 Å². The quantitative estimate of drug-likeness (QED) is 0.931. The van der Waals surface area contributed by atoms with E-state index in [1.54, 1.807) is 6.92 Å². The van der Waals surface area contributed by atoms with Gasteiger partial charge in [0, 0.05) is 6.04 Å². The van der Waals surface area contributed by atoms with Gasteiger partial charge >= 0.3 is 12.1 Å². The Balaban J connectivity index is 2.13. The van der Waals surface area contributed by atoms with Gasteiger partial charge in [0.1, 0.15) is 0 Å². The number of carboxylic acids is 1. The number of amides is 1. The van der Waals surface area contributed by atoms with Gasteiger partial charge in [-0.25, -0.2) is 4.79 Å². The van der Waals surface area contributed by atoms with Crippen LogP contribution in [0.3, 0.4) is 0 Å². The zero-order valence-electron chi connectivity index (χ0n) is 13.6. The molecule has 0 heterocycles. The number of carbonyl (C=O) groups is 2. The van der Waals surface area contributed by atoms with Crippen LogP contribution in [0.25, 0.3) is 11.1 Å². The molecule has 1 amide bonds. The predicted octanol–water partition coefficient (Wildman–Crippen LogP) is 3.69. The highest BCUT2D eigenvalue weighted by Crippen LogP contribution is 2.47. The molecule has 0 fully saturated rings. The Kier molecular flexibility index (Phi) is 4.25. The van der Waals surface area contributed by atoms with E-state index in [4.69, 9.17) is 9.84 Å². The maximum Gasteiger partial charge on any atom is 0.410 e. The lowest BCUT2D eigenvalue weighted by Gasteiger charge is -2.33. The molecule has 2 aromatic carbocycles. The topological polar surface area (TPSA) is 66.8 Å². The van der Waals surface area contributed by atoms with Crippen LogP contribution < -0.4 is 0 Å². The minimum Gasteiger partial charge on any atom is -0.481 e. The summed E-state index contributed by atoms with van der Waals surface area (Å²) in [7, 11) is 1.32. The molecule has 0 bridgehead atoms. The molecule has 1 aliphatic rings. The maximum absolute atomic E-state index is 12.5. The molecule has 0 saturated heterocycles. The van der Waals surface area contributed by atoms with Gasteiger partial charge in [0.2, 0.25) is 0 Å². The van der Waals surface area contributed by atoms with E-state index in [0.717, 1.165) is 22.3 Å². The molecule has 5 nitrogen and oxygen atoms in total. The molecule has 24 heavy (non-hydrogen) atoms. The summed E-state index contributed by atoms with van der Waals surface area (Å²) in [4.78, 5) is 25.1. The van der Waals surface area contributed by atoms with Crippen LogP contribution in [0.1, 0.15) is 30.5 Å². The molecular formula is C19H19NO4. The van der Waals surface area contributed by atoms with Gasteiger partial charge in [-0.2, -0.15) is 0 Å². The van der Waals surface area contributed by atoms with Crippen molar-refractivity contribution in [2.45, 2.75) is 25.4 Å². The Morgan fingerprint density at radius 2 is 1.58 bits per heavy atom. The van der Waals surface area contributed by atoms with Crippen LogP contribution in [0.15, 0.2) is 48.5 Å². The van der Waals surface area contributed by atoms with Gasteiger partial charge in [-0.1, -0.05) is 48.5 Å². The fraction of sp³-hybridized carbons (Fsp3) is 0.263. The van der Waals surface area contributed by atoms with Crippen LogP contribution in [-0.2, 0) is 9.53 Å². The number of hydrogen-bond donors (Lipinski definition) is 1. The van der Waals surface area contributed by atoms with Gasteiger partial charge in [-0.05, 0) is 29.2 Å². The van der Waals surface area contributed by atoms with Crippen LogP contribution >= 0.6 is 0 Å². The monoisotopic (exact) mass is 325 g/mol. The summed E-state index contributed by atoms with van der Waals surface area (Å²) in [6.45, 7) is 1.73. The van der Waals surface area contributed by atoms with E-state index < -0.39 is 18.1 Å². The van der Waals surface area contributed by atoms with Gasteiger partial charge in [-0.3, -0.25) is 9.69 Å². The minimum absolute atomic E-state index is 0.143. The summed E-state index contributed by atoms with van der Waals surface area (Å²) in [5.74, 6) is -0.948. The van der Waals surface area contributed by atoms with Crippen molar-refractivity contribution in [2.24, 2.45) is 0 Å². The largest absolute Gasteiger partial charge is 0.481 e. The molecule has 0 aromatic heterocycles. The molecule has 5 heteroatoms. The van der Waals surface area contributed by atoms with E-state index in [0.29, 0.717) is 0 Å². The first-order valence-corrected chi connectivity index (χ1v) is 7.81. The van der Waals surface area contributed by atoms with E-state index in [2.05, 4.69) is 0 Å². The molecule has 0 aliphatic heterocycles. The summed E-state index contributed by atoms with van der Waals surface area (Å²) < 4.78 is 4.95. The molecule has 0 radical (unpaired) electrons. The number of rotatable bonds is 4. The lowest BCUT2D eigenvalue weighted by atomic mass is 10.0. The summed E-state index contributed by atoms with van der Waals surface area (Å²) in [5, 5.41) is 9.14. The number of methoxy groups -OCH3 is 1. The summed E-state index contributed by atoms with van der Waals surface area (Å²) in [6.07, 6.45) is -0.670.